The van der Waals surface area contributed by atoms with E-state index < -0.39 is 12.2 Å². The van der Waals surface area contributed by atoms with Crippen molar-refractivity contribution in [1.82, 2.24) is 0 Å². The molecule has 0 fully saturated rings. The lowest BCUT2D eigenvalue weighted by atomic mass is 10.1. The largest absolute Gasteiger partial charge is 0.493 e. The molecular formula is C13H15O6. The summed E-state index contributed by atoms with van der Waals surface area (Å²) in [4.78, 5) is 21.4. The molecule has 6 nitrogen and oxygen atoms in total. The zero-order valence-electron chi connectivity index (χ0n) is 10.4. The van der Waals surface area contributed by atoms with Gasteiger partial charge in [-0.1, -0.05) is 0 Å². The van der Waals surface area contributed by atoms with Gasteiger partial charge in [0.15, 0.2) is 17.6 Å². The molecule has 1 aromatic carbocycles. The maximum atomic E-state index is 10.8. The van der Waals surface area contributed by atoms with Gasteiger partial charge < -0.3 is 19.7 Å². The van der Waals surface area contributed by atoms with Crippen LogP contribution in [0.15, 0.2) is 18.2 Å². The van der Waals surface area contributed by atoms with Crippen LogP contribution in [0, 0.1) is 0 Å². The van der Waals surface area contributed by atoms with Gasteiger partial charge in [-0.25, -0.2) is 0 Å². The van der Waals surface area contributed by atoms with Gasteiger partial charge in [-0.05, 0) is 18.2 Å². The first-order valence-electron chi connectivity index (χ1n) is 5.62. The third kappa shape index (κ3) is 4.04. The smallest absolute Gasteiger partial charge is 0.245 e. The molecule has 0 amide bonds. The maximum absolute atomic E-state index is 10.8. The van der Waals surface area contributed by atoms with E-state index in [0.717, 1.165) is 0 Å². The van der Waals surface area contributed by atoms with Crippen molar-refractivity contribution in [2.45, 2.75) is 18.6 Å². The average Bonchev–Trinajstić information content (AvgIpc) is 2.44. The SMILES string of the molecule is COc1cc(C=O)ccc1OC([C]=O)C(O)CCO. The van der Waals surface area contributed by atoms with Crippen molar-refractivity contribution in [3.8, 4) is 11.5 Å². The Balaban J connectivity index is 2.90. The summed E-state index contributed by atoms with van der Waals surface area (Å²) in [6.07, 6.45) is -0.201. The monoisotopic (exact) mass is 267 g/mol. The van der Waals surface area contributed by atoms with Gasteiger partial charge in [-0.2, -0.15) is 0 Å². The Kier molecular flexibility index (Phi) is 5.98. The molecule has 0 saturated carbocycles. The van der Waals surface area contributed by atoms with Crippen LogP contribution < -0.4 is 9.47 Å². The highest BCUT2D eigenvalue weighted by Gasteiger charge is 2.22. The Labute approximate surface area is 110 Å². The molecule has 1 rings (SSSR count). The van der Waals surface area contributed by atoms with Crippen molar-refractivity contribution in [2.75, 3.05) is 13.7 Å². The number of aliphatic hydroxyl groups is 2. The second-order valence-electron chi connectivity index (χ2n) is 3.76. The Hall–Kier alpha value is -1.92. The van der Waals surface area contributed by atoms with Crippen molar-refractivity contribution in [2.24, 2.45) is 0 Å². The molecule has 0 aliphatic carbocycles. The molecular weight excluding hydrogens is 252 g/mol. The quantitative estimate of drug-likeness (QED) is 0.649. The second-order valence-corrected chi connectivity index (χ2v) is 3.76. The van der Waals surface area contributed by atoms with E-state index in [9.17, 15) is 14.7 Å². The molecule has 0 saturated heterocycles. The van der Waals surface area contributed by atoms with E-state index in [1.54, 1.807) is 6.29 Å². The Morgan fingerprint density at radius 3 is 2.68 bits per heavy atom. The van der Waals surface area contributed by atoms with Crippen LogP contribution in [0.4, 0.5) is 0 Å². The van der Waals surface area contributed by atoms with E-state index in [-0.39, 0.29) is 24.5 Å². The molecule has 1 radical (unpaired) electrons. The number of ether oxygens (including phenoxy) is 2. The first kappa shape index (κ1) is 15.1. The number of hydrogen-bond acceptors (Lipinski definition) is 6. The molecule has 0 aliphatic heterocycles. The molecule has 2 atom stereocenters. The van der Waals surface area contributed by atoms with Gasteiger partial charge in [-0.3, -0.25) is 9.59 Å². The van der Waals surface area contributed by atoms with Crippen LogP contribution in [0.2, 0.25) is 0 Å². The average molecular weight is 267 g/mol. The number of aldehydes is 1. The topological polar surface area (TPSA) is 93.1 Å². The molecule has 0 aliphatic rings. The molecule has 6 heteroatoms. The standard InChI is InChI=1S/C13H15O6/c1-18-12-6-9(7-15)2-3-11(12)19-13(8-16)10(17)4-5-14/h2-3,6-7,10,13-14,17H,4-5H2,1H3. The normalized spacial score (nSPS) is 13.4. The van der Waals surface area contributed by atoms with E-state index in [1.165, 1.54) is 25.3 Å². The lowest BCUT2D eigenvalue weighted by Gasteiger charge is -2.19. The predicted molar refractivity (Wildman–Crippen MR) is 66.2 cm³/mol. The van der Waals surface area contributed by atoms with Gasteiger partial charge in [0.1, 0.15) is 12.4 Å². The number of carbonyl (C=O) groups is 1. The number of benzene rings is 1. The minimum atomic E-state index is -1.23. The van der Waals surface area contributed by atoms with Crippen LogP contribution in [0.1, 0.15) is 16.8 Å². The first-order valence-corrected chi connectivity index (χ1v) is 5.62. The van der Waals surface area contributed by atoms with Gasteiger partial charge in [0.05, 0.1) is 7.11 Å². The van der Waals surface area contributed by atoms with Gasteiger partial charge in [0.2, 0.25) is 6.29 Å². The van der Waals surface area contributed by atoms with E-state index >= 15 is 0 Å². The van der Waals surface area contributed by atoms with E-state index in [4.69, 9.17) is 14.6 Å². The van der Waals surface area contributed by atoms with E-state index in [2.05, 4.69) is 0 Å². The maximum Gasteiger partial charge on any atom is 0.245 e. The van der Waals surface area contributed by atoms with Crippen LogP contribution in [-0.4, -0.2) is 48.7 Å². The van der Waals surface area contributed by atoms with Gasteiger partial charge in [0.25, 0.3) is 0 Å². The third-order valence-electron chi connectivity index (χ3n) is 2.47. The molecule has 0 spiro atoms. The second kappa shape index (κ2) is 7.50. The minimum Gasteiger partial charge on any atom is -0.493 e. The molecule has 0 aromatic heterocycles. The van der Waals surface area contributed by atoms with Crippen LogP contribution in [-0.2, 0) is 4.79 Å². The first-order chi connectivity index (χ1) is 9.15. The van der Waals surface area contributed by atoms with Gasteiger partial charge in [-0.15, -0.1) is 0 Å². The Morgan fingerprint density at radius 1 is 1.42 bits per heavy atom. The third-order valence-corrected chi connectivity index (χ3v) is 2.47. The minimum absolute atomic E-state index is 0.00531. The van der Waals surface area contributed by atoms with Crippen LogP contribution in [0.5, 0.6) is 11.5 Å². The summed E-state index contributed by atoms with van der Waals surface area (Å²) in [5.41, 5.74) is 0.395. The molecule has 0 heterocycles. The van der Waals surface area contributed by atoms with E-state index in [0.29, 0.717) is 11.8 Å². The molecule has 19 heavy (non-hydrogen) atoms. The van der Waals surface area contributed by atoms with Crippen molar-refractivity contribution in [1.29, 1.82) is 0 Å². The highest BCUT2D eigenvalue weighted by Crippen LogP contribution is 2.28. The van der Waals surface area contributed by atoms with Crippen molar-refractivity contribution in [3.63, 3.8) is 0 Å². The number of methoxy groups -OCH3 is 1. The number of carbonyl (C=O) groups excluding carboxylic acids is 2. The zero-order chi connectivity index (χ0) is 14.3. The summed E-state index contributed by atoms with van der Waals surface area (Å²) in [5.74, 6) is 0.472. The fraction of sp³-hybridized carbons (Fsp3) is 0.385. The van der Waals surface area contributed by atoms with E-state index in [1.807, 2.05) is 0 Å². The number of rotatable bonds is 8. The lowest BCUT2D eigenvalue weighted by Crippen LogP contribution is -2.34. The number of hydrogen-bond donors (Lipinski definition) is 2. The van der Waals surface area contributed by atoms with Crippen LogP contribution >= 0.6 is 0 Å². The number of aliphatic hydroxyl groups excluding tert-OH is 2. The summed E-state index contributed by atoms with van der Waals surface area (Å²) >= 11 is 0. The summed E-state index contributed by atoms with van der Waals surface area (Å²) < 4.78 is 10.3. The molecule has 2 unspecified atom stereocenters. The highest BCUT2D eigenvalue weighted by atomic mass is 16.5. The summed E-state index contributed by atoms with van der Waals surface area (Å²) in [7, 11) is 1.39. The van der Waals surface area contributed by atoms with Gasteiger partial charge >= 0.3 is 0 Å². The summed E-state index contributed by atoms with van der Waals surface area (Å²) in [5, 5.41) is 18.3. The van der Waals surface area contributed by atoms with Crippen LogP contribution in [0.25, 0.3) is 0 Å². The van der Waals surface area contributed by atoms with Crippen molar-refractivity contribution < 1.29 is 29.3 Å². The van der Waals surface area contributed by atoms with Gasteiger partial charge in [0, 0.05) is 18.6 Å². The summed E-state index contributed by atoms with van der Waals surface area (Å²) in [6, 6.07) is 4.40. The highest BCUT2D eigenvalue weighted by molar-refractivity contribution is 5.76. The molecule has 2 N–H and O–H groups in total. The Bertz CT molecular complexity index is 431. The fourth-order valence-electron chi connectivity index (χ4n) is 1.46. The summed E-state index contributed by atoms with van der Waals surface area (Å²) in [6.45, 7) is -0.274. The lowest BCUT2D eigenvalue weighted by molar-refractivity contribution is 0.0518. The molecule has 1 aromatic rings. The van der Waals surface area contributed by atoms with Crippen LogP contribution in [0.3, 0.4) is 0 Å². The predicted octanol–water partition coefficient (Wildman–Crippen LogP) is 0.108. The van der Waals surface area contributed by atoms with Crippen molar-refractivity contribution >= 4 is 12.6 Å². The molecule has 0 bridgehead atoms. The fourth-order valence-corrected chi connectivity index (χ4v) is 1.46. The molecule has 103 valence electrons. The zero-order valence-corrected chi connectivity index (χ0v) is 10.4. The van der Waals surface area contributed by atoms with Crippen molar-refractivity contribution in [3.05, 3.63) is 23.8 Å². The Morgan fingerprint density at radius 2 is 2.16 bits per heavy atom.